The van der Waals surface area contributed by atoms with Crippen LogP contribution in [0.4, 0.5) is 11.4 Å². The Morgan fingerprint density at radius 1 is 1.09 bits per heavy atom. The number of aryl methyl sites for hydroxylation is 1. The molecule has 0 amide bonds. The average molecular weight is 310 g/mol. The lowest BCUT2D eigenvalue weighted by molar-refractivity contribution is 0.602. The van der Waals surface area contributed by atoms with Gasteiger partial charge in [-0.05, 0) is 36.2 Å². The zero-order valence-electron chi connectivity index (χ0n) is 12.0. The fraction of sp³-hybridized carbons (Fsp3) is 0.118. The summed E-state index contributed by atoms with van der Waals surface area (Å²) in [7, 11) is -3.73. The summed E-state index contributed by atoms with van der Waals surface area (Å²) in [6.07, 6.45) is 2.32. The van der Waals surface area contributed by atoms with Gasteiger partial charge in [0.15, 0.2) is 4.91 Å². The van der Waals surface area contributed by atoms with Gasteiger partial charge >= 0.3 is 0 Å². The summed E-state index contributed by atoms with van der Waals surface area (Å²) >= 11 is 0. The third-order valence-electron chi connectivity index (χ3n) is 3.68. The molecule has 0 spiro atoms. The van der Waals surface area contributed by atoms with Crippen LogP contribution in [0.2, 0.25) is 0 Å². The molecule has 4 nitrogen and oxygen atoms in total. The first kappa shape index (κ1) is 14.4. The Balaban J connectivity index is 2.21. The Labute approximate surface area is 129 Å². The lowest BCUT2D eigenvalue weighted by Gasteiger charge is -2.27. The van der Waals surface area contributed by atoms with Gasteiger partial charge < -0.3 is 4.90 Å². The molecule has 22 heavy (non-hydrogen) atoms. The van der Waals surface area contributed by atoms with E-state index in [2.05, 4.69) is 6.92 Å². The average Bonchev–Trinajstić information content (AvgIpc) is 2.55. The Bertz CT molecular complexity index is 891. The van der Waals surface area contributed by atoms with Crippen LogP contribution in [0.3, 0.4) is 0 Å². The van der Waals surface area contributed by atoms with Gasteiger partial charge in [0.05, 0.1) is 10.6 Å². The molecule has 1 aliphatic heterocycles. The van der Waals surface area contributed by atoms with Gasteiger partial charge in [0, 0.05) is 11.9 Å². The minimum absolute atomic E-state index is 0.161. The number of para-hydroxylation sites is 1. The highest BCUT2D eigenvalue weighted by molar-refractivity contribution is 7.95. The molecular formula is C17H14N2O2S. The maximum absolute atomic E-state index is 12.4. The number of rotatable bonds is 2. The summed E-state index contributed by atoms with van der Waals surface area (Å²) in [5.41, 5.74) is 2.59. The molecule has 2 aromatic carbocycles. The van der Waals surface area contributed by atoms with Crippen molar-refractivity contribution in [3.05, 3.63) is 65.2 Å². The van der Waals surface area contributed by atoms with Crippen LogP contribution in [-0.4, -0.2) is 8.42 Å². The van der Waals surface area contributed by atoms with E-state index in [1.54, 1.807) is 29.2 Å². The van der Waals surface area contributed by atoms with Crippen LogP contribution in [0, 0.1) is 11.3 Å². The highest BCUT2D eigenvalue weighted by atomic mass is 32.2. The van der Waals surface area contributed by atoms with Crippen molar-refractivity contribution in [3.63, 3.8) is 0 Å². The topological polar surface area (TPSA) is 61.2 Å². The molecule has 0 fully saturated rings. The molecule has 5 heteroatoms. The molecule has 0 bridgehead atoms. The monoisotopic (exact) mass is 310 g/mol. The molecular weight excluding hydrogens is 296 g/mol. The molecule has 1 heterocycles. The van der Waals surface area contributed by atoms with E-state index in [9.17, 15) is 13.7 Å². The molecule has 0 unspecified atom stereocenters. The number of nitrogens with zero attached hydrogens (tertiary/aromatic N) is 2. The molecule has 0 aromatic heterocycles. The highest BCUT2D eigenvalue weighted by Crippen LogP contribution is 2.38. The number of sulfone groups is 1. The normalized spacial score (nSPS) is 15.6. The van der Waals surface area contributed by atoms with Crippen molar-refractivity contribution >= 4 is 21.2 Å². The van der Waals surface area contributed by atoms with Crippen LogP contribution in [0.15, 0.2) is 64.5 Å². The second kappa shape index (κ2) is 5.32. The van der Waals surface area contributed by atoms with Gasteiger partial charge in [0.2, 0.25) is 9.84 Å². The summed E-state index contributed by atoms with van der Waals surface area (Å²) in [6.45, 7) is 2.07. The quantitative estimate of drug-likeness (QED) is 0.851. The smallest absolute Gasteiger partial charge is 0.220 e. The third kappa shape index (κ3) is 2.18. The Kier molecular flexibility index (Phi) is 3.47. The number of nitriles is 1. The maximum atomic E-state index is 12.4. The van der Waals surface area contributed by atoms with Gasteiger partial charge in [-0.1, -0.05) is 31.2 Å². The van der Waals surface area contributed by atoms with E-state index in [-0.39, 0.29) is 9.80 Å². The van der Waals surface area contributed by atoms with Crippen molar-refractivity contribution in [3.8, 4) is 6.07 Å². The standard InChI is InChI=1S/C17H14N2O2S/c1-2-13-7-9-14(10-8-13)19-12-15(11-18)22(20,21)17-6-4-3-5-16(17)19/h3-10,12H,2H2,1H3. The van der Waals surface area contributed by atoms with E-state index in [0.717, 1.165) is 12.1 Å². The van der Waals surface area contributed by atoms with Gasteiger partial charge in [-0.3, -0.25) is 0 Å². The lowest BCUT2D eigenvalue weighted by Crippen LogP contribution is -2.21. The van der Waals surface area contributed by atoms with Crippen LogP contribution < -0.4 is 4.90 Å². The summed E-state index contributed by atoms with van der Waals surface area (Å²) in [6, 6.07) is 16.4. The second-order valence-corrected chi connectivity index (χ2v) is 6.85. The summed E-state index contributed by atoms with van der Waals surface area (Å²) in [4.78, 5) is 1.66. The van der Waals surface area contributed by atoms with E-state index < -0.39 is 9.84 Å². The zero-order valence-corrected chi connectivity index (χ0v) is 12.8. The van der Waals surface area contributed by atoms with Gasteiger partial charge in [0.25, 0.3) is 0 Å². The summed E-state index contributed by atoms with van der Waals surface area (Å²) < 4.78 is 24.8. The molecule has 3 rings (SSSR count). The van der Waals surface area contributed by atoms with Gasteiger partial charge in [-0.25, -0.2) is 8.42 Å². The SMILES string of the molecule is CCc1ccc(N2C=C(C#N)S(=O)(=O)c3ccccc32)cc1. The van der Waals surface area contributed by atoms with Gasteiger partial charge in [-0.15, -0.1) is 0 Å². The van der Waals surface area contributed by atoms with Crippen molar-refractivity contribution in [2.45, 2.75) is 18.2 Å². The van der Waals surface area contributed by atoms with Crippen LogP contribution in [0.25, 0.3) is 0 Å². The number of benzene rings is 2. The first-order valence-corrected chi connectivity index (χ1v) is 8.40. The van der Waals surface area contributed by atoms with E-state index in [1.165, 1.54) is 17.8 Å². The molecule has 0 saturated heterocycles. The molecule has 0 saturated carbocycles. The van der Waals surface area contributed by atoms with Crippen LogP contribution >= 0.6 is 0 Å². The fourth-order valence-electron chi connectivity index (χ4n) is 2.45. The maximum Gasteiger partial charge on any atom is 0.220 e. The Hall–Kier alpha value is -2.58. The van der Waals surface area contributed by atoms with Crippen molar-refractivity contribution in [1.29, 1.82) is 5.26 Å². The number of allylic oxidation sites excluding steroid dienone is 1. The summed E-state index contributed by atoms with van der Waals surface area (Å²) in [5.74, 6) is 0. The number of hydrogen-bond acceptors (Lipinski definition) is 4. The van der Waals surface area contributed by atoms with E-state index in [0.29, 0.717) is 5.69 Å². The molecule has 0 radical (unpaired) electrons. The molecule has 110 valence electrons. The molecule has 0 N–H and O–H groups in total. The second-order valence-electron chi connectivity index (χ2n) is 4.97. The predicted octanol–water partition coefficient (Wildman–Crippen LogP) is 3.54. The number of hydrogen-bond donors (Lipinski definition) is 0. The molecule has 1 aliphatic rings. The molecule has 0 aliphatic carbocycles. The Morgan fingerprint density at radius 3 is 2.41 bits per heavy atom. The minimum Gasteiger partial charge on any atom is -0.314 e. The molecule has 0 atom stereocenters. The zero-order chi connectivity index (χ0) is 15.7. The van der Waals surface area contributed by atoms with Crippen LogP contribution in [0.1, 0.15) is 12.5 Å². The minimum atomic E-state index is -3.73. The van der Waals surface area contributed by atoms with Crippen molar-refractivity contribution in [2.75, 3.05) is 4.90 Å². The van der Waals surface area contributed by atoms with Crippen molar-refractivity contribution in [1.82, 2.24) is 0 Å². The molecule has 2 aromatic rings. The first-order chi connectivity index (χ1) is 10.6. The van der Waals surface area contributed by atoms with E-state index in [1.807, 2.05) is 24.3 Å². The number of anilines is 2. The van der Waals surface area contributed by atoms with Gasteiger partial charge in [-0.2, -0.15) is 5.26 Å². The van der Waals surface area contributed by atoms with E-state index in [4.69, 9.17) is 0 Å². The fourth-order valence-corrected chi connectivity index (χ4v) is 3.75. The summed E-state index contributed by atoms with van der Waals surface area (Å²) in [5, 5.41) is 9.17. The largest absolute Gasteiger partial charge is 0.314 e. The highest BCUT2D eigenvalue weighted by Gasteiger charge is 2.31. The lowest BCUT2D eigenvalue weighted by atomic mass is 10.1. The third-order valence-corrected chi connectivity index (χ3v) is 5.38. The number of fused-ring (bicyclic) bond motifs is 1. The van der Waals surface area contributed by atoms with Crippen LogP contribution in [0.5, 0.6) is 0 Å². The Morgan fingerprint density at radius 2 is 1.77 bits per heavy atom. The van der Waals surface area contributed by atoms with Crippen molar-refractivity contribution in [2.24, 2.45) is 0 Å². The van der Waals surface area contributed by atoms with Gasteiger partial charge in [0.1, 0.15) is 6.07 Å². The van der Waals surface area contributed by atoms with Crippen molar-refractivity contribution < 1.29 is 8.42 Å². The first-order valence-electron chi connectivity index (χ1n) is 6.92. The van der Waals surface area contributed by atoms with E-state index >= 15 is 0 Å². The van der Waals surface area contributed by atoms with Crippen LogP contribution in [-0.2, 0) is 16.3 Å². The predicted molar refractivity (Wildman–Crippen MR) is 85.3 cm³/mol.